The summed E-state index contributed by atoms with van der Waals surface area (Å²) in [6.07, 6.45) is 1.16. The van der Waals surface area contributed by atoms with E-state index in [1.54, 1.807) is 23.5 Å². The molecule has 0 fully saturated rings. The number of nitrogens with zero attached hydrogens (tertiary/aromatic N) is 3. The molecule has 0 amide bonds. The summed E-state index contributed by atoms with van der Waals surface area (Å²) in [7, 11) is 0. The maximum Gasteiger partial charge on any atom is 0.331 e. The van der Waals surface area contributed by atoms with E-state index >= 15 is 0 Å². The van der Waals surface area contributed by atoms with Crippen LogP contribution >= 0.6 is 46.7 Å². The van der Waals surface area contributed by atoms with E-state index < -0.39 is 11.9 Å². The van der Waals surface area contributed by atoms with Gasteiger partial charge in [-0.05, 0) is 79.7 Å². The van der Waals surface area contributed by atoms with Crippen LogP contribution in [0.25, 0.3) is 21.8 Å². The van der Waals surface area contributed by atoms with Crippen LogP contribution in [-0.2, 0) is 25.8 Å². The molecule has 7 nitrogen and oxygen atoms in total. The smallest absolute Gasteiger partial charge is 0.331 e. The van der Waals surface area contributed by atoms with Gasteiger partial charge in [-0.1, -0.05) is 45.6 Å². The molecule has 0 N–H and O–H groups in total. The van der Waals surface area contributed by atoms with Crippen molar-refractivity contribution in [2.75, 3.05) is 11.5 Å². The van der Waals surface area contributed by atoms with Crippen molar-refractivity contribution >= 4 is 91.9 Å². The van der Waals surface area contributed by atoms with E-state index in [0.717, 1.165) is 60.8 Å². The van der Waals surface area contributed by atoms with Gasteiger partial charge in [0.25, 0.3) is 0 Å². The second-order valence-electron chi connectivity index (χ2n) is 10.6. The summed E-state index contributed by atoms with van der Waals surface area (Å²) >= 11 is 15.4. The first kappa shape index (κ1) is 34.6. The molecule has 1 heterocycles. The Balaban J connectivity index is 1.47. The van der Waals surface area contributed by atoms with Gasteiger partial charge in [0.1, 0.15) is 0 Å². The van der Waals surface area contributed by atoms with Crippen LogP contribution in [0.2, 0.25) is 10.0 Å². The number of carbonyl (C=O) groups is 2. The molecule has 0 atom stereocenters. The van der Waals surface area contributed by atoms with Crippen LogP contribution < -0.4 is 0 Å². The fourth-order valence-corrected chi connectivity index (χ4v) is 7.09. The molecule has 0 bridgehead atoms. The van der Waals surface area contributed by atoms with Crippen molar-refractivity contribution in [2.45, 2.75) is 49.9 Å². The maximum absolute atomic E-state index is 11.7. The number of halogens is 2. The number of fused-ring (bicyclic) bond motifs is 3. The van der Waals surface area contributed by atoms with E-state index in [9.17, 15) is 9.59 Å². The Hall–Kier alpha value is -3.76. The molecule has 4 aromatic carbocycles. The Kier molecular flexibility index (Phi) is 12.0. The molecule has 0 aliphatic carbocycles. The third-order valence-electron chi connectivity index (χ3n) is 7.26. The van der Waals surface area contributed by atoms with Crippen LogP contribution in [0, 0.1) is 0 Å². The topological polar surface area (TPSA) is 82.2 Å². The summed E-state index contributed by atoms with van der Waals surface area (Å²) in [6, 6.07) is 27.8. The second-order valence-corrected chi connectivity index (χ2v) is 13.8. The number of benzene rings is 4. The number of hydrogen-bond donors (Lipinski definition) is 0. The minimum atomic E-state index is -0.477. The molecule has 0 aliphatic rings. The van der Waals surface area contributed by atoms with Crippen molar-refractivity contribution in [3.05, 3.63) is 106 Å². The van der Waals surface area contributed by atoms with Crippen molar-refractivity contribution in [2.24, 2.45) is 10.3 Å². The molecule has 0 unspecified atom stereocenters. The van der Waals surface area contributed by atoms with Crippen molar-refractivity contribution in [1.29, 1.82) is 0 Å². The quantitative estimate of drug-likeness (QED) is 0.0525. The normalized spacial score (nSPS) is 12.1. The average molecular weight is 707 g/mol. The van der Waals surface area contributed by atoms with E-state index in [1.165, 1.54) is 13.8 Å². The molecule has 11 heteroatoms. The van der Waals surface area contributed by atoms with E-state index in [0.29, 0.717) is 34.3 Å². The molecule has 1 aromatic heterocycles. The molecule has 5 rings (SSSR count). The van der Waals surface area contributed by atoms with Gasteiger partial charge in [-0.15, -0.1) is 23.5 Å². The number of aromatic nitrogens is 1. The Labute approximate surface area is 292 Å². The summed E-state index contributed by atoms with van der Waals surface area (Å²) in [4.78, 5) is 35.8. The highest BCUT2D eigenvalue weighted by atomic mass is 35.5. The van der Waals surface area contributed by atoms with E-state index in [2.05, 4.69) is 46.1 Å². The Morgan fingerprint density at radius 3 is 1.43 bits per heavy atom. The number of aryl methyl sites for hydroxylation is 1. The number of hydrogen-bond acceptors (Lipinski definition) is 8. The number of thioether (sulfide) groups is 2. The highest BCUT2D eigenvalue weighted by molar-refractivity contribution is 7.99. The lowest BCUT2D eigenvalue weighted by Crippen LogP contribution is -2.06. The zero-order valence-electron chi connectivity index (χ0n) is 26.2. The SMILES string of the molecule is CCn1c2ccc(/C(CCSc3ccc(Cl)cc3)=N\OC(C)=O)cc2c2cc(/C(CCSc3ccc(Cl)cc3)=N/OC(C)=O)ccc21. The van der Waals surface area contributed by atoms with Gasteiger partial charge >= 0.3 is 11.9 Å². The highest BCUT2D eigenvalue weighted by Crippen LogP contribution is 2.32. The molecular weight excluding hydrogens is 673 g/mol. The minimum Gasteiger partial charge on any atom is -0.341 e. The number of carbonyl (C=O) groups excluding carboxylic acids is 2. The fraction of sp³-hybridized carbons (Fsp3) is 0.222. The van der Waals surface area contributed by atoms with Gasteiger partial charge < -0.3 is 14.2 Å². The summed E-state index contributed by atoms with van der Waals surface area (Å²) < 4.78 is 2.26. The molecule has 47 heavy (non-hydrogen) atoms. The summed E-state index contributed by atoms with van der Waals surface area (Å²) in [5.74, 6) is 0.500. The summed E-state index contributed by atoms with van der Waals surface area (Å²) in [5.41, 5.74) is 5.22. The fourth-order valence-electron chi connectivity index (χ4n) is 5.12. The van der Waals surface area contributed by atoms with Crippen LogP contribution in [0.3, 0.4) is 0 Å². The van der Waals surface area contributed by atoms with Gasteiger partial charge in [-0.25, -0.2) is 9.59 Å². The molecule has 0 radical (unpaired) electrons. The predicted molar refractivity (Wildman–Crippen MR) is 195 cm³/mol. The van der Waals surface area contributed by atoms with Crippen molar-refractivity contribution in [3.63, 3.8) is 0 Å². The van der Waals surface area contributed by atoms with Gasteiger partial charge in [-0.2, -0.15) is 0 Å². The zero-order chi connectivity index (χ0) is 33.3. The lowest BCUT2D eigenvalue weighted by molar-refractivity contribution is -0.141. The van der Waals surface area contributed by atoms with E-state index in [4.69, 9.17) is 32.9 Å². The van der Waals surface area contributed by atoms with Gasteiger partial charge in [0.15, 0.2) is 0 Å². The van der Waals surface area contributed by atoms with Crippen molar-refractivity contribution in [1.82, 2.24) is 4.57 Å². The number of oxime groups is 2. The first-order chi connectivity index (χ1) is 22.7. The van der Waals surface area contributed by atoms with E-state index in [-0.39, 0.29) is 0 Å². The molecule has 0 spiro atoms. The molecule has 0 aliphatic heterocycles. The molecule has 0 saturated heterocycles. The monoisotopic (exact) mass is 705 g/mol. The Morgan fingerprint density at radius 1 is 0.660 bits per heavy atom. The molecule has 5 aromatic rings. The molecular formula is C36H33Cl2N3O4S2. The Morgan fingerprint density at radius 2 is 1.06 bits per heavy atom. The van der Waals surface area contributed by atoms with Crippen LogP contribution in [0.5, 0.6) is 0 Å². The van der Waals surface area contributed by atoms with Crippen molar-refractivity contribution < 1.29 is 19.3 Å². The average Bonchev–Trinajstić information content (AvgIpc) is 3.38. The van der Waals surface area contributed by atoms with Gasteiger partial charge in [0.05, 0.1) is 11.4 Å². The first-order valence-corrected chi connectivity index (χ1v) is 17.8. The standard InChI is InChI=1S/C36H33Cl2N3O4S2/c1-4-41-35-15-5-25(33(39-44-23(2)42)17-19-46-29-11-7-27(37)8-12-29)21-31(35)32-22-26(6-16-36(32)41)34(40-45-24(3)43)18-20-47-30-13-9-28(38)10-14-30/h5-16,21-22H,4,17-20H2,1-3H3/b39-33-,40-34+. The van der Waals surface area contributed by atoms with E-state index in [1.807, 2.05) is 60.7 Å². The maximum atomic E-state index is 11.7. The van der Waals surface area contributed by atoms with Crippen LogP contribution in [-0.4, -0.2) is 39.4 Å². The third kappa shape index (κ3) is 9.20. The number of rotatable bonds is 13. The highest BCUT2D eigenvalue weighted by Gasteiger charge is 2.16. The molecule has 0 saturated carbocycles. The van der Waals surface area contributed by atoms with Crippen LogP contribution in [0.1, 0.15) is 44.7 Å². The van der Waals surface area contributed by atoms with Gasteiger partial charge in [0.2, 0.25) is 0 Å². The van der Waals surface area contributed by atoms with Crippen LogP contribution in [0.15, 0.2) is 105 Å². The lowest BCUT2D eigenvalue weighted by atomic mass is 10.0. The third-order valence-corrected chi connectivity index (χ3v) is 9.79. The predicted octanol–water partition coefficient (Wildman–Crippen LogP) is 10.0. The zero-order valence-corrected chi connectivity index (χ0v) is 29.3. The first-order valence-electron chi connectivity index (χ1n) is 15.0. The minimum absolute atomic E-state index is 0.477. The lowest BCUT2D eigenvalue weighted by Gasteiger charge is -2.08. The summed E-state index contributed by atoms with van der Waals surface area (Å²) in [6.45, 7) is 5.57. The summed E-state index contributed by atoms with van der Waals surface area (Å²) in [5, 5.41) is 11.9. The van der Waals surface area contributed by atoms with Gasteiger partial charge in [-0.3, -0.25) is 0 Å². The van der Waals surface area contributed by atoms with Crippen LogP contribution in [0.4, 0.5) is 0 Å². The van der Waals surface area contributed by atoms with Crippen molar-refractivity contribution in [3.8, 4) is 0 Å². The second kappa shape index (κ2) is 16.4. The van der Waals surface area contributed by atoms with Gasteiger partial charge in [0, 0.05) is 97.5 Å². The largest absolute Gasteiger partial charge is 0.341 e. The molecule has 242 valence electrons. The Bertz CT molecular complexity index is 1820.